The molecule has 1 aromatic rings. The summed E-state index contributed by atoms with van der Waals surface area (Å²) in [6.45, 7) is 3.35. The average molecular weight is 255 g/mol. The molecule has 0 aromatic carbocycles. The second-order valence-corrected chi connectivity index (χ2v) is 6.65. The van der Waals surface area contributed by atoms with Gasteiger partial charge in [0.25, 0.3) is 0 Å². The number of pyridine rings is 1. The standard InChI is InChI=1S/C11H17N3O2S/c1-3-11(12)7-14(8-11)10-9(17(2,15)16)5-4-6-13-10/h4-6H,3,7-8,12H2,1-2H3. The Bertz CT molecular complexity index is 521. The van der Waals surface area contributed by atoms with Crippen LogP contribution in [0.15, 0.2) is 23.2 Å². The van der Waals surface area contributed by atoms with E-state index < -0.39 is 9.84 Å². The smallest absolute Gasteiger partial charge is 0.179 e. The molecule has 1 aliphatic rings. The van der Waals surface area contributed by atoms with Gasteiger partial charge in [-0.25, -0.2) is 13.4 Å². The number of hydrogen-bond donors (Lipinski definition) is 1. The van der Waals surface area contributed by atoms with Crippen LogP contribution in [-0.2, 0) is 9.84 Å². The lowest BCUT2D eigenvalue weighted by molar-refractivity contribution is 0.318. The molecule has 1 fully saturated rings. The number of rotatable bonds is 3. The first-order valence-corrected chi connectivity index (χ1v) is 7.44. The number of hydrogen-bond acceptors (Lipinski definition) is 5. The minimum Gasteiger partial charge on any atom is -0.352 e. The van der Waals surface area contributed by atoms with Crippen molar-refractivity contribution in [3.8, 4) is 0 Å². The normalized spacial score (nSPS) is 18.9. The largest absolute Gasteiger partial charge is 0.352 e. The van der Waals surface area contributed by atoms with Gasteiger partial charge in [-0.2, -0.15) is 0 Å². The average Bonchev–Trinajstić information content (AvgIpc) is 2.23. The number of aromatic nitrogens is 1. The van der Waals surface area contributed by atoms with Crippen molar-refractivity contribution in [1.82, 2.24) is 4.98 Å². The molecule has 2 N–H and O–H groups in total. The van der Waals surface area contributed by atoms with Gasteiger partial charge < -0.3 is 10.6 Å². The van der Waals surface area contributed by atoms with Gasteiger partial charge in [-0.1, -0.05) is 6.92 Å². The first kappa shape index (κ1) is 12.3. The molecule has 17 heavy (non-hydrogen) atoms. The summed E-state index contributed by atoms with van der Waals surface area (Å²) in [6.07, 6.45) is 3.68. The van der Waals surface area contributed by atoms with Crippen LogP contribution < -0.4 is 10.6 Å². The van der Waals surface area contributed by atoms with Crippen LogP contribution >= 0.6 is 0 Å². The van der Waals surface area contributed by atoms with Crippen molar-refractivity contribution in [3.05, 3.63) is 18.3 Å². The molecular formula is C11H17N3O2S. The summed E-state index contributed by atoms with van der Waals surface area (Å²) in [7, 11) is -3.24. The number of anilines is 1. The van der Waals surface area contributed by atoms with E-state index in [4.69, 9.17) is 5.73 Å². The van der Waals surface area contributed by atoms with Gasteiger partial charge in [-0.05, 0) is 18.6 Å². The summed E-state index contributed by atoms with van der Waals surface area (Å²) >= 11 is 0. The van der Waals surface area contributed by atoms with Crippen LogP contribution in [0.3, 0.4) is 0 Å². The number of nitrogens with zero attached hydrogens (tertiary/aromatic N) is 2. The minimum atomic E-state index is -3.24. The maximum Gasteiger partial charge on any atom is 0.179 e. The molecule has 0 atom stereocenters. The maximum atomic E-state index is 11.6. The lowest BCUT2D eigenvalue weighted by Crippen LogP contribution is -2.67. The second kappa shape index (κ2) is 3.96. The molecule has 0 unspecified atom stereocenters. The highest BCUT2D eigenvalue weighted by Gasteiger charge is 2.39. The van der Waals surface area contributed by atoms with E-state index in [-0.39, 0.29) is 10.4 Å². The first-order chi connectivity index (χ1) is 7.86. The molecule has 0 amide bonds. The predicted octanol–water partition coefficient (Wildman–Crippen LogP) is 0.413. The van der Waals surface area contributed by atoms with Crippen LogP contribution in [0.25, 0.3) is 0 Å². The van der Waals surface area contributed by atoms with Crippen molar-refractivity contribution >= 4 is 15.7 Å². The van der Waals surface area contributed by atoms with E-state index in [2.05, 4.69) is 4.98 Å². The van der Waals surface area contributed by atoms with E-state index in [1.54, 1.807) is 18.3 Å². The summed E-state index contributed by atoms with van der Waals surface area (Å²) in [5.41, 5.74) is 5.87. The van der Waals surface area contributed by atoms with Gasteiger partial charge in [-0.15, -0.1) is 0 Å². The molecule has 0 aliphatic carbocycles. The molecule has 0 saturated carbocycles. The van der Waals surface area contributed by atoms with E-state index in [9.17, 15) is 8.42 Å². The summed E-state index contributed by atoms with van der Waals surface area (Å²) in [5.74, 6) is 0.518. The van der Waals surface area contributed by atoms with Crippen molar-refractivity contribution in [1.29, 1.82) is 0 Å². The van der Waals surface area contributed by atoms with Gasteiger partial charge in [0.2, 0.25) is 0 Å². The van der Waals surface area contributed by atoms with Crippen molar-refractivity contribution in [2.24, 2.45) is 5.73 Å². The monoisotopic (exact) mass is 255 g/mol. The molecule has 0 radical (unpaired) electrons. The second-order valence-electron chi connectivity index (χ2n) is 4.67. The highest BCUT2D eigenvalue weighted by atomic mass is 32.2. The van der Waals surface area contributed by atoms with Crippen LogP contribution in [0, 0.1) is 0 Å². The lowest BCUT2D eigenvalue weighted by atomic mass is 9.88. The summed E-state index contributed by atoms with van der Waals surface area (Å²) in [4.78, 5) is 6.35. The zero-order valence-electron chi connectivity index (χ0n) is 10.0. The third-order valence-electron chi connectivity index (χ3n) is 3.17. The molecule has 1 aromatic heterocycles. The van der Waals surface area contributed by atoms with Crippen molar-refractivity contribution < 1.29 is 8.42 Å². The molecule has 5 nitrogen and oxygen atoms in total. The van der Waals surface area contributed by atoms with Gasteiger partial charge in [0, 0.05) is 25.5 Å². The van der Waals surface area contributed by atoms with Gasteiger partial charge in [0.05, 0.1) is 5.54 Å². The van der Waals surface area contributed by atoms with Gasteiger partial charge in [-0.3, -0.25) is 0 Å². The van der Waals surface area contributed by atoms with Crippen LogP contribution in [0.4, 0.5) is 5.82 Å². The highest BCUT2D eigenvalue weighted by molar-refractivity contribution is 7.90. The fourth-order valence-electron chi connectivity index (χ4n) is 2.00. The van der Waals surface area contributed by atoms with Crippen LogP contribution in [0.2, 0.25) is 0 Å². The Kier molecular flexibility index (Phi) is 2.87. The van der Waals surface area contributed by atoms with Crippen LogP contribution in [0.5, 0.6) is 0 Å². The van der Waals surface area contributed by atoms with Gasteiger partial charge >= 0.3 is 0 Å². The zero-order valence-corrected chi connectivity index (χ0v) is 10.9. The van der Waals surface area contributed by atoms with Gasteiger partial charge in [0.1, 0.15) is 10.7 Å². The Hall–Kier alpha value is -1.14. The summed E-state index contributed by atoms with van der Waals surface area (Å²) in [6, 6.07) is 3.22. The molecule has 94 valence electrons. The fourth-order valence-corrected chi connectivity index (χ4v) is 2.84. The maximum absolute atomic E-state index is 11.6. The molecule has 6 heteroatoms. The van der Waals surface area contributed by atoms with E-state index in [1.807, 2.05) is 11.8 Å². The molecule has 2 rings (SSSR count). The Labute approximate surface area is 102 Å². The third-order valence-corrected chi connectivity index (χ3v) is 4.28. The van der Waals surface area contributed by atoms with E-state index >= 15 is 0 Å². The zero-order chi connectivity index (χ0) is 12.7. The molecule has 1 saturated heterocycles. The van der Waals surface area contributed by atoms with Crippen molar-refractivity contribution in [2.45, 2.75) is 23.8 Å². The Morgan fingerprint density at radius 1 is 1.53 bits per heavy atom. The fraction of sp³-hybridized carbons (Fsp3) is 0.545. The van der Waals surface area contributed by atoms with E-state index in [1.165, 1.54) is 6.26 Å². The number of sulfone groups is 1. The number of nitrogens with two attached hydrogens (primary N) is 1. The Balaban J connectivity index is 2.30. The Morgan fingerprint density at radius 3 is 2.71 bits per heavy atom. The third kappa shape index (κ3) is 2.28. The predicted molar refractivity (Wildman–Crippen MR) is 66.8 cm³/mol. The molecular weight excluding hydrogens is 238 g/mol. The molecule has 0 spiro atoms. The van der Waals surface area contributed by atoms with Crippen molar-refractivity contribution in [3.63, 3.8) is 0 Å². The molecule has 1 aliphatic heterocycles. The topological polar surface area (TPSA) is 76.3 Å². The van der Waals surface area contributed by atoms with Gasteiger partial charge in [0.15, 0.2) is 9.84 Å². The molecule has 0 bridgehead atoms. The lowest BCUT2D eigenvalue weighted by Gasteiger charge is -2.48. The van der Waals surface area contributed by atoms with E-state index in [0.717, 1.165) is 6.42 Å². The minimum absolute atomic E-state index is 0.202. The SMILES string of the molecule is CCC1(N)CN(c2ncccc2S(C)(=O)=O)C1. The van der Waals surface area contributed by atoms with E-state index in [0.29, 0.717) is 18.9 Å². The summed E-state index contributed by atoms with van der Waals surface area (Å²) < 4.78 is 23.3. The van der Waals surface area contributed by atoms with Crippen LogP contribution in [0.1, 0.15) is 13.3 Å². The summed E-state index contributed by atoms with van der Waals surface area (Å²) in [5, 5.41) is 0. The van der Waals surface area contributed by atoms with Crippen LogP contribution in [-0.4, -0.2) is 38.3 Å². The van der Waals surface area contributed by atoms with Crippen molar-refractivity contribution in [2.75, 3.05) is 24.2 Å². The Morgan fingerprint density at radius 2 is 2.18 bits per heavy atom. The molecule has 2 heterocycles. The highest BCUT2D eigenvalue weighted by Crippen LogP contribution is 2.30. The quantitative estimate of drug-likeness (QED) is 0.846. The first-order valence-electron chi connectivity index (χ1n) is 5.55.